The van der Waals surface area contributed by atoms with Gasteiger partial charge in [0.05, 0.1) is 6.10 Å². The lowest BCUT2D eigenvalue weighted by molar-refractivity contribution is 0.0646. The molecule has 3 heteroatoms. The Morgan fingerprint density at radius 2 is 1.92 bits per heavy atom. The molecule has 0 aromatic carbocycles. The zero-order valence-electron chi connectivity index (χ0n) is 7.38. The fraction of sp³-hybridized carbons (Fsp3) is 1.00. The monoisotopic (exact) mass is 191 g/mol. The van der Waals surface area contributed by atoms with Gasteiger partial charge in [-0.3, -0.25) is 0 Å². The minimum atomic E-state index is -0.0816. The van der Waals surface area contributed by atoms with Crippen molar-refractivity contribution >= 4 is 12.4 Å². The molecule has 1 atom stereocenters. The summed E-state index contributed by atoms with van der Waals surface area (Å²) in [5, 5.41) is 12.8. The Kier molecular flexibility index (Phi) is 3.38. The summed E-state index contributed by atoms with van der Waals surface area (Å²) in [7, 11) is 0. The zero-order chi connectivity index (χ0) is 7.73. The van der Waals surface area contributed by atoms with Crippen LogP contribution in [0.2, 0.25) is 0 Å². The minimum Gasteiger partial charge on any atom is -0.392 e. The van der Waals surface area contributed by atoms with Crippen molar-refractivity contribution in [2.45, 2.75) is 38.2 Å². The Balaban J connectivity index is 0.000000720. The van der Waals surface area contributed by atoms with Crippen LogP contribution in [0, 0.1) is 5.41 Å². The topological polar surface area (TPSA) is 32.3 Å². The lowest BCUT2D eigenvalue weighted by Gasteiger charge is -2.36. The molecule has 1 aliphatic heterocycles. The first-order chi connectivity index (χ1) is 5.31. The lowest BCUT2D eigenvalue weighted by Crippen LogP contribution is -2.45. The summed E-state index contributed by atoms with van der Waals surface area (Å²) < 4.78 is 0. The highest BCUT2D eigenvalue weighted by molar-refractivity contribution is 5.85. The van der Waals surface area contributed by atoms with E-state index < -0.39 is 0 Å². The predicted molar refractivity (Wildman–Crippen MR) is 51.6 cm³/mol. The van der Waals surface area contributed by atoms with Gasteiger partial charge in [-0.25, -0.2) is 0 Å². The molecule has 1 saturated heterocycles. The van der Waals surface area contributed by atoms with Crippen LogP contribution in [0.5, 0.6) is 0 Å². The van der Waals surface area contributed by atoms with Gasteiger partial charge in [-0.05, 0) is 24.7 Å². The van der Waals surface area contributed by atoms with E-state index in [0.717, 1.165) is 19.5 Å². The van der Waals surface area contributed by atoms with Crippen molar-refractivity contribution in [3.63, 3.8) is 0 Å². The van der Waals surface area contributed by atoms with E-state index >= 15 is 0 Å². The molecule has 0 aromatic heterocycles. The molecule has 72 valence electrons. The van der Waals surface area contributed by atoms with Crippen LogP contribution in [-0.2, 0) is 0 Å². The molecule has 2 N–H and O–H groups in total. The van der Waals surface area contributed by atoms with Gasteiger partial charge in [0.25, 0.3) is 0 Å². The van der Waals surface area contributed by atoms with Crippen molar-refractivity contribution in [2.75, 3.05) is 13.1 Å². The number of aliphatic hydroxyl groups excluding tert-OH is 1. The molecule has 0 aromatic rings. The van der Waals surface area contributed by atoms with Crippen LogP contribution in [0.1, 0.15) is 32.1 Å². The molecule has 0 radical (unpaired) electrons. The second-order valence-electron chi connectivity index (χ2n) is 4.20. The maximum atomic E-state index is 9.47. The molecule has 2 aliphatic rings. The molecule has 1 spiro atoms. The van der Waals surface area contributed by atoms with Crippen LogP contribution >= 0.6 is 12.4 Å². The third-order valence-electron chi connectivity index (χ3n) is 3.21. The van der Waals surface area contributed by atoms with Crippen molar-refractivity contribution in [1.29, 1.82) is 0 Å². The Bertz CT molecular complexity index is 145. The Morgan fingerprint density at radius 1 is 1.25 bits per heavy atom. The van der Waals surface area contributed by atoms with Gasteiger partial charge in [0.15, 0.2) is 0 Å². The fourth-order valence-electron chi connectivity index (χ4n) is 2.65. The quantitative estimate of drug-likeness (QED) is 0.606. The van der Waals surface area contributed by atoms with Crippen LogP contribution in [0.3, 0.4) is 0 Å². The molecular formula is C9H18ClNO. The number of piperidine rings is 1. The summed E-state index contributed by atoms with van der Waals surface area (Å²) in [6.07, 6.45) is 6.36. The SMILES string of the molecule is Cl.OC1CNCC2(CCCC2)C1. The molecule has 2 fully saturated rings. The summed E-state index contributed by atoms with van der Waals surface area (Å²) in [5.41, 5.74) is 0.484. The summed E-state index contributed by atoms with van der Waals surface area (Å²) >= 11 is 0. The van der Waals surface area contributed by atoms with E-state index in [9.17, 15) is 5.11 Å². The van der Waals surface area contributed by atoms with Crippen LogP contribution < -0.4 is 5.32 Å². The minimum absolute atomic E-state index is 0. The number of aliphatic hydroxyl groups is 1. The first-order valence-electron chi connectivity index (χ1n) is 4.70. The number of rotatable bonds is 0. The third-order valence-corrected chi connectivity index (χ3v) is 3.21. The molecule has 0 bridgehead atoms. The molecule has 12 heavy (non-hydrogen) atoms. The van der Waals surface area contributed by atoms with Crippen molar-refractivity contribution < 1.29 is 5.11 Å². The van der Waals surface area contributed by atoms with Gasteiger partial charge in [-0.2, -0.15) is 0 Å². The second kappa shape index (κ2) is 3.95. The fourth-order valence-corrected chi connectivity index (χ4v) is 2.65. The van der Waals surface area contributed by atoms with E-state index in [1.54, 1.807) is 0 Å². The molecule has 2 nitrogen and oxygen atoms in total. The Morgan fingerprint density at radius 3 is 2.50 bits per heavy atom. The van der Waals surface area contributed by atoms with E-state index in [4.69, 9.17) is 0 Å². The predicted octanol–water partition coefficient (Wildman–Crippen LogP) is 1.32. The third kappa shape index (κ3) is 1.93. The van der Waals surface area contributed by atoms with Crippen LogP contribution in [0.25, 0.3) is 0 Å². The van der Waals surface area contributed by atoms with Gasteiger partial charge in [-0.15, -0.1) is 12.4 Å². The van der Waals surface area contributed by atoms with Crippen molar-refractivity contribution in [2.24, 2.45) is 5.41 Å². The molecule has 1 saturated carbocycles. The van der Waals surface area contributed by atoms with Crippen LogP contribution in [0.15, 0.2) is 0 Å². The van der Waals surface area contributed by atoms with Gasteiger partial charge in [0.2, 0.25) is 0 Å². The van der Waals surface area contributed by atoms with Crippen molar-refractivity contribution in [1.82, 2.24) is 5.32 Å². The summed E-state index contributed by atoms with van der Waals surface area (Å²) in [6.45, 7) is 1.95. The van der Waals surface area contributed by atoms with E-state index in [-0.39, 0.29) is 18.5 Å². The molecule has 2 rings (SSSR count). The highest BCUT2D eigenvalue weighted by Gasteiger charge is 2.37. The average molecular weight is 192 g/mol. The van der Waals surface area contributed by atoms with Crippen molar-refractivity contribution in [3.8, 4) is 0 Å². The summed E-state index contributed by atoms with van der Waals surface area (Å²) in [4.78, 5) is 0. The van der Waals surface area contributed by atoms with Crippen LogP contribution in [0.4, 0.5) is 0 Å². The molecular weight excluding hydrogens is 174 g/mol. The largest absolute Gasteiger partial charge is 0.392 e. The van der Waals surface area contributed by atoms with Gasteiger partial charge in [0, 0.05) is 13.1 Å². The number of halogens is 1. The highest BCUT2D eigenvalue weighted by Crippen LogP contribution is 2.42. The molecule has 1 aliphatic carbocycles. The van der Waals surface area contributed by atoms with Crippen molar-refractivity contribution in [3.05, 3.63) is 0 Å². The first-order valence-corrected chi connectivity index (χ1v) is 4.70. The lowest BCUT2D eigenvalue weighted by atomic mass is 9.78. The second-order valence-corrected chi connectivity index (χ2v) is 4.20. The standard InChI is InChI=1S/C9H17NO.ClH/c11-8-5-9(7-10-6-8)3-1-2-4-9;/h8,10-11H,1-7H2;1H. The average Bonchev–Trinajstić information content (AvgIpc) is 2.37. The molecule has 0 amide bonds. The van der Waals surface area contributed by atoms with Gasteiger partial charge in [-0.1, -0.05) is 12.8 Å². The van der Waals surface area contributed by atoms with Crippen LogP contribution in [-0.4, -0.2) is 24.3 Å². The zero-order valence-corrected chi connectivity index (χ0v) is 8.20. The molecule has 1 heterocycles. The van der Waals surface area contributed by atoms with E-state index in [0.29, 0.717) is 5.41 Å². The smallest absolute Gasteiger partial charge is 0.0670 e. The Labute approximate surface area is 80.1 Å². The number of hydrogen-bond acceptors (Lipinski definition) is 2. The normalized spacial score (nSPS) is 33.2. The maximum absolute atomic E-state index is 9.47. The first kappa shape index (κ1) is 10.3. The highest BCUT2D eigenvalue weighted by atomic mass is 35.5. The van der Waals surface area contributed by atoms with Gasteiger partial charge >= 0.3 is 0 Å². The number of hydrogen-bond donors (Lipinski definition) is 2. The van der Waals surface area contributed by atoms with E-state index in [1.807, 2.05) is 0 Å². The van der Waals surface area contributed by atoms with Gasteiger partial charge < -0.3 is 10.4 Å². The van der Waals surface area contributed by atoms with Gasteiger partial charge in [0.1, 0.15) is 0 Å². The molecule has 1 unspecified atom stereocenters. The van der Waals surface area contributed by atoms with E-state index in [1.165, 1.54) is 25.7 Å². The summed E-state index contributed by atoms with van der Waals surface area (Å²) in [6, 6.07) is 0. The maximum Gasteiger partial charge on any atom is 0.0670 e. The Hall–Kier alpha value is 0.210. The summed E-state index contributed by atoms with van der Waals surface area (Å²) in [5.74, 6) is 0. The van der Waals surface area contributed by atoms with E-state index in [2.05, 4.69) is 5.32 Å². The number of β-amino-alcohol motifs (C(OH)–C–C–N with tert-alkyl or cyclic N) is 1. The number of nitrogens with one attached hydrogen (secondary N) is 1.